The van der Waals surface area contributed by atoms with Crippen LogP contribution >= 0.6 is 0 Å². The summed E-state index contributed by atoms with van der Waals surface area (Å²) in [6, 6.07) is 10.9. The topological polar surface area (TPSA) is 12.0 Å². The van der Waals surface area contributed by atoms with Crippen LogP contribution in [0.25, 0.3) is 0 Å². The predicted molar refractivity (Wildman–Crippen MR) is 78.7 cm³/mol. The molecule has 0 radical (unpaired) electrons. The van der Waals surface area contributed by atoms with Crippen molar-refractivity contribution in [2.75, 3.05) is 6.54 Å². The second kappa shape index (κ2) is 4.70. The molecule has 0 heterocycles. The van der Waals surface area contributed by atoms with Gasteiger partial charge >= 0.3 is 0 Å². The van der Waals surface area contributed by atoms with E-state index in [0.29, 0.717) is 5.41 Å². The molecule has 2 unspecified atom stereocenters. The normalized spacial score (nSPS) is 26.1. The molecule has 1 fully saturated rings. The highest BCUT2D eigenvalue weighted by molar-refractivity contribution is 5.20. The summed E-state index contributed by atoms with van der Waals surface area (Å²) in [5.41, 5.74) is 2.21. The maximum Gasteiger partial charge on any atom is 0.00966 e. The van der Waals surface area contributed by atoms with Gasteiger partial charge in [0.15, 0.2) is 0 Å². The second-order valence-corrected chi connectivity index (χ2v) is 7.35. The Morgan fingerprint density at radius 1 is 1.06 bits per heavy atom. The molecule has 1 heteroatoms. The molecule has 18 heavy (non-hydrogen) atoms. The number of hydrogen-bond donors (Lipinski definition) is 1. The van der Waals surface area contributed by atoms with Crippen molar-refractivity contribution < 1.29 is 0 Å². The summed E-state index contributed by atoms with van der Waals surface area (Å²) in [5, 5.41) is 3.66. The third kappa shape index (κ3) is 3.14. The third-order valence-corrected chi connectivity index (χ3v) is 4.44. The van der Waals surface area contributed by atoms with Crippen molar-refractivity contribution in [1.29, 1.82) is 0 Å². The molecule has 0 aliphatic heterocycles. The zero-order valence-corrected chi connectivity index (χ0v) is 12.5. The van der Waals surface area contributed by atoms with E-state index in [4.69, 9.17) is 0 Å². The van der Waals surface area contributed by atoms with E-state index in [0.717, 1.165) is 18.4 Å². The maximum absolute atomic E-state index is 3.66. The molecule has 1 aromatic rings. The largest absolute Gasteiger partial charge is 0.312 e. The van der Waals surface area contributed by atoms with Crippen LogP contribution in [0.5, 0.6) is 0 Å². The van der Waals surface area contributed by atoms with Gasteiger partial charge in [0, 0.05) is 5.54 Å². The van der Waals surface area contributed by atoms with Crippen LogP contribution in [0.15, 0.2) is 30.3 Å². The number of benzene rings is 1. The van der Waals surface area contributed by atoms with E-state index in [1.165, 1.54) is 12.0 Å². The lowest BCUT2D eigenvalue weighted by molar-refractivity contribution is 0.395. The van der Waals surface area contributed by atoms with Crippen molar-refractivity contribution in [2.24, 2.45) is 17.3 Å². The average molecular weight is 245 g/mol. The zero-order chi connectivity index (χ0) is 13.4. The molecule has 1 aliphatic carbocycles. The highest BCUT2D eigenvalue weighted by Crippen LogP contribution is 2.59. The smallest absolute Gasteiger partial charge is 0.00966 e. The highest BCUT2D eigenvalue weighted by atomic mass is 15.0. The minimum atomic E-state index is 0.232. The van der Waals surface area contributed by atoms with Crippen LogP contribution in [0, 0.1) is 17.3 Å². The molecular weight excluding hydrogens is 218 g/mol. The summed E-state index contributed by atoms with van der Waals surface area (Å²) in [6.07, 6.45) is 1.23. The molecule has 100 valence electrons. The van der Waals surface area contributed by atoms with Crippen LogP contribution in [0.2, 0.25) is 0 Å². The van der Waals surface area contributed by atoms with Crippen molar-refractivity contribution in [3.05, 3.63) is 35.9 Å². The van der Waals surface area contributed by atoms with E-state index in [1.807, 2.05) is 0 Å². The van der Waals surface area contributed by atoms with Crippen LogP contribution in [-0.4, -0.2) is 12.1 Å². The Kier molecular flexibility index (Phi) is 3.55. The summed E-state index contributed by atoms with van der Waals surface area (Å²) in [7, 11) is 0. The van der Waals surface area contributed by atoms with E-state index in [1.54, 1.807) is 0 Å². The summed E-state index contributed by atoms with van der Waals surface area (Å²) in [6.45, 7) is 12.7. The molecule has 0 amide bonds. The van der Waals surface area contributed by atoms with Crippen molar-refractivity contribution in [3.63, 3.8) is 0 Å². The number of nitrogens with one attached hydrogen (secondary N) is 1. The standard InChI is InChI=1S/C17H27N/c1-16(2,3)18-12-15-14(17(15,4)5)11-13-9-7-6-8-10-13/h6-10,14-15,18H,11-12H2,1-5H3. The summed E-state index contributed by atoms with van der Waals surface area (Å²) in [5.74, 6) is 1.65. The van der Waals surface area contributed by atoms with Crippen LogP contribution in [0.1, 0.15) is 40.2 Å². The molecule has 0 spiro atoms. The van der Waals surface area contributed by atoms with Crippen LogP contribution in [-0.2, 0) is 6.42 Å². The predicted octanol–water partition coefficient (Wildman–Crippen LogP) is 3.89. The molecule has 2 atom stereocenters. The lowest BCUT2D eigenvalue weighted by atomic mass is 10.0. The van der Waals surface area contributed by atoms with Gasteiger partial charge in [0.1, 0.15) is 0 Å². The van der Waals surface area contributed by atoms with Crippen LogP contribution in [0.3, 0.4) is 0 Å². The molecule has 1 aromatic carbocycles. The minimum absolute atomic E-state index is 0.232. The van der Waals surface area contributed by atoms with Gasteiger partial charge in [0.25, 0.3) is 0 Å². The van der Waals surface area contributed by atoms with Gasteiger partial charge in [-0.3, -0.25) is 0 Å². The quantitative estimate of drug-likeness (QED) is 0.848. The zero-order valence-electron chi connectivity index (χ0n) is 12.5. The number of rotatable bonds is 4. The minimum Gasteiger partial charge on any atom is -0.312 e. The highest BCUT2D eigenvalue weighted by Gasteiger charge is 2.56. The Labute approximate surface area is 112 Å². The maximum atomic E-state index is 3.66. The third-order valence-electron chi connectivity index (χ3n) is 4.44. The number of hydrogen-bond acceptors (Lipinski definition) is 1. The monoisotopic (exact) mass is 245 g/mol. The fourth-order valence-electron chi connectivity index (χ4n) is 2.95. The molecule has 0 aromatic heterocycles. The first-order chi connectivity index (χ1) is 8.31. The van der Waals surface area contributed by atoms with E-state index >= 15 is 0 Å². The molecule has 1 nitrogen and oxygen atoms in total. The SMILES string of the molecule is CC(C)(C)NCC1C(Cc2ccccc2)C1(C)C. The van der Waals surface area contributed by atoms with Gasteiger partial charge in [0.05, 0.1) is 0 Å². The van der Waals surface area contributed by atoms with Gasteiger partial charge < -0.3 is 5.32 Å². The Morgan fingerprint density at radius 3 is 2.22 bits per heavy atom. The Hall–Kier alpha value is -0.820. The lowest BCUT2D eigenvalue weighted by Crippen LogP contribution is -2.37. The summed E-state index contributed by atoms with van der Waals surface area (Å²) < 4.78 is 0. The summed E-state index contributed by atoms with van der Waals surface area (Å²) >= 11 is 0. The summed E-state index contributed by atoms with van der Waals surface area (Å²) in [4.78, 5) is 0. The molecular formula is C17H27N. The van der Waals surface area contributed by atoms with Crippen molar-refractivity contribution in [2.45, 2.75) is 46.6 Å². The molecule has 0 saturated heterocycles. The van der Waals surface area contributed by atoms with Gasteiger partial charge in [-0.15, -0.1) is 0 Å². The first-order valence-corrected chi connectivity index (χ1v) is 7.09. The van der Waals surface area contributed by atoms with E-state index in [2.05, 4.69) is 70.3 Å². The van der Waals surface area contributed by atoms with Gasteiger partial charge in [-0.25, -0.2) is 0 Å². The van der Waals surface area contributed by atoms with Gasteiger partial charge in [-0.1, -0.05) is 44.2 Å². The van der Waals surface area contributed by atoms with Gasteiger partial charge in [0.2, 0.25) is 0 Å². The molecule has 1 N–H and O–H groups in total. The Morgan fingerprint density at radius 2 is 1.67 bits per heavy atom. The van der Waals surface area contributed by atoms with Gasteiger partial charge in [-0.05, 0) is 56.6 Å². The Balaban J connectivity index is 1.91. The fourth-order valence-corrected chi connectivity index (χ4v) is 2.95. The van der Waals surface area contributed by atoms with Crippen molar-refractivity contribution in [1.82, 2.24) is 5.32 Å². The molecule has 1 aliphatic rings. The molecule has 1 saturated carbocycles. The lowest BCUT2D eigenvalue weighted by Gasteiger charge is -2.21. The second-order valence-electron chi connectivity index (χ2n) is 7.35. The first kappa shape index (κ1) is 13.6. The molecule has 2 rings (SSSR count). The first-order valence-electron chi connectivity index (χ1n) is 7.09. The fraction of sp³-hybridized carbons (Fsp3) is 0.647. The van der Waals surface area contributed by atoms with E-state index < -0.39 is 0 Å². The van der Waals surface area contributed by atoms with Crippen molar-refractivity contribution in [3.8, 4) is 0 Å². The van der Waals surface area contributed by atoms with Gasteiger partial charge in [-0.2, -0.15) is 0 Å². The van der Waals surface area contributed by atoms with Crippen molar-refractivity contribution >= 4 is 0 Å². The van der Waals surface area contributed by atoms with Crippen LogP contribution in [0.4, 0.5) is 0 Å². The van der Waals surface area contributed by atoms with E-state index in [9.17, 15) is 0 Å². The Bertz CT molecular complexity index is 386. The average Bonchev–Trinajstić information content (AvgIpc) is 2.77. The van der Waals surface area contributed by atoms with Crippen LogP contribution < -0.4 is 5.32 Å². The molecule has 0 bridgehead atoms. The van der Waals surface area contributed by atoms with E-state index in [-0.39, 0.29) is 5.54 Å².